The van der Waals surface area contributed by atoms with Crippen LogP contribution in [0.2, 0.25) is 0 Å². The minimum absolute atomic E-state index is 0.0813. The lowest BCUT2D eigenvalue weighted by atomic mass is 10.0. The molecule has 0 aliphatic rings. The van der Waals surface area contributed by atoms with Crippen LogP contribution in [0.15, 0.2) is 0 Å². The second kappa shape index (κ2) is 30.5. The molecule has 2 heteroatoms. The lowest BCUT2D eigenvalue weighted by Gasteiger charge is -2.06. The normalized spacial score (nSPS) is 12.5. The van der Waals surface area contributed by atoms with Gasteiger partial charge in [0, 0.05) is 9.16 Å². The van der Waals surface area contributed by atoms with E-state index in [-0.39, 0.29) is 12.6 Å². The molecule has 204 valence electrons. The van der Waals surface area contributed by atoms with Crippen molar-refractivity contribution in [1.29, 1.82) is 0 Å². The predicted octanol–water partition coefficient (Wildman–Crippen LogP) is 11.5. The van der Waals surface area contributed by atoms with Crippen molar-refractivity contribution < 1.29 is 12.3 Å². The third kappa shape index (κ3) is 29.5. The lowest BCUT2D eigenvalue weighted by molar-refractivity contribution is -0.143. The fourth-order valence-corrected chi connectivity index (χ4v) is 4.65. The number of ether oxygens (including phenoxy) is 1. The summed E-state index contributed by atoms with van der Waals surface area (Å²) in [5, 5.41) is 0. The zero-order valence-corrected chi connectivity index (χ0v) is 23.6. The molecule has 0 N–H and O–H groups in total. The summed E-state index contributed by atoms with van der Waals surface area (Å²) in [6.07, 6.45) is 31.7. The van der Waals surface area contributed by atoms with Gasteiger partial charge < -0.3 is 4.74 Å². The number of hydrogen-bond acceptors (Lipinski definition) is 2. The number of unbranched alkanes of at least 4 members (excludes halogenated alkanes) is 23. The van der Waals surface area contributed by atoms with Crippen molar-refractivity contribution in [2.45, 2.75) is 194 Å². The van der Waals surface area contributed by atoms with Crippen molar-refractivity contribution in [2.24, 2.45) is 0 Å². The second-order valence-corrected chi connectivity index (χ2v) is 10.5. The first kappa shape index (κ1) is 29.7. The first-order chi connectivity index (χ1) is 17.5. The maximum absolute atomic E-state index is 12.0. The van der Waals surface area contributed by atoms with Gasteiger partial charge in [0.05, 0.1) is 6.61 Å². The quantitative estimate of drug-likeness (QED) is 0.0782. The van der Waals surface area contributed by atoms with Crippen LogP contribution in [0.4, 0.5) is 0 Å². The van der Waals surface area contributed by atoms with Gasteiger partial charge in [-0.2, -0.15) is 0 Å². The van der Waals surface area contributed by atoms with Crippen molar-refractivity contribution in [2.75, 3.05) is 6.61 Å². The largest absolute Gasteiger partial charge is 0.466 e. The van der Waals surface area contributed by atoms with Crippen LogP contribution in [0.5, 0.6) is 0 Å². The van der Waals surface area contributed by atoms with Crippen LogP contribution in [0.25, 0.3) is 0 Å². The third-order valence-corrected chi connectivity index (χ3v) is 7.03. The molecule has 0 unspecified atom stereocenters. The SMILES string of the molecule is [2H]C([2H])(CCCCCCCCCCCC)COC(=O)CCCCCCCCCCCCCCCCC. The van der Waals surface area contributed by atoms with Gasteiger partial charge in [0.1, 0.15) is 0 Å². The first-order valence-corrected chi connectivity index (χ1v) is 15.7. The van der Waals surface area contributed by atoms with Gasteiger partial charge >= 0.3 is 5.97 Å². The molecule has 0 fully saturated rings. The smallest absolute Gasteiger partial charge is 0.305 e. The molecule has 0 radical (unpaired) electrons. The van der Waals surface area contributed by atoms with Crippen LogP contribution in [0.3, 0.4) is 0 Å². The van der Waals surface area contributed by atoms with Crippen LogP contribution in [0.1, 0.15) is 196 Å². The molecule has 0 aliphatic carbocycles. The number of rotatable bonds is 29. The summed E-state index contributed by atoms with van der Waals surface area (Å²) >= 11 is 0. The highest BCUT2D eigenvalue weighted by molar-refractivity contribution is 5.69. The Morgan fingerprint density at radius 3 is 1.12 bits per heavy atom. The molecule has 0 spiro atoms. The highest BCUT2D eigenvalue weighted by Gasteiger charge is 2.02. The van der Waals surface area contributed by atoms with E-state index in [2.05, 4.69) is 13.8 Å². The summed E-state index contributed by atoms with van der Waals surface area (Å²) in [6, 6.07) is 0. The van der Waals surface area contributed by atoms with Gasteiger partial charge in [-0.25, -0.2) is 0 Å². The average molecular weight is 483 g/mol. The van der Waals surface area contributed by atoms with Crippen molar-refractivity contribution in [3.8, 4) is 0 Å². The maximum Gasteiger partial charge on any atom is 0.305 e. The molecule has 0 amide bonds. The van der Waals surface area contributed by atoms with E-state index in [1.54, 1.807) is 0 Å². The number of carbonyl (C=O) groups excluding carboxylic acids is 1. The third-order valence-electron chi connectivity index (χ3n) is 7.03. The molecule has 0 rings (SSSR count). The van der Waals surface area contributed by atoms with Gasteiger partial charge in [0.15, 0.2) is 0 Å². The van der Waals surface area contributed by atoms with Gasteiger partial charge in [-0.15, -0.1) is 0 Å². The summed E-state index contributed by atoms with van der Waals surface area (Å²) in [5.41, 5.74) is 0. The van der Waals surface area contributed by atoms with E-state index in [9.17, 15) is 4.79 Å². The van der Waals surface area contributed by atoms with Gasteiger partial charge in [-0.3, -0.25) is 4.79 Å². The predicted molar refractivity (Wildman–Crippen MR) is 152 cm³/mol. The Labute approximate surface area is 218 Å². The van der Waals surface area contributed by atoms with E-state index in [0.29, 0.717) is 12.8 Å². The Bertz CT molecular complexity index is 453. The average Bonchev–Trinajstić information content (AvgIpc) is 2.86. The molecule has 0 saturated heterocycles. The monoisotopic (exact) mass is 483 g/mol. The van der Waals surface area contributed by atoms with E-state index in [4.69, 9.17) is 7.48 Å². The highest BCUT2D eigenvalue weighted by Crippen LogP contribution is 2.14. The molecule has 0 saturated carbocycles. The second-order valence-electron chi connectivity index (χ2n) is 10.5. The zero-order chi connectivity index (χ0) is 26.6. The molecule has 0 aliphatic heterocycles. The fourth-order valence-electron chi connectivity index (χ4n) is 4.65. The summed E-state index contributed by atoms with van der Waals surface area (Å²) in [5.74, 6) is -0.225. The van der Waals surface area contributed by atoms with Crippen LogP contribution < -0.4 is 0 Å². The van der Waals surface area contributed by atoms with Crippen LogP contribution in [0, 0.1) is 0 Å². The zero-order valence-electron chi connectivity index (χ0n) is 25.6. The lowest BCUT2D eigenvalue weighted by Crippen LogP contribution is -2.05. The van der Waals surface area contributed by atoms with Crippen LogP contribution >= 0.6 is 0 Å². The summed E-state index contributed by atoms with van der Waals surface area (Å²) in [6.45, 7) is 4.45. The molecular weight excluding hydrogens is 416 g/mol. The van der Waals surface area contributed by atoms with Crippen molar-refractivity contribution in [3.05, 3.63) is 0 Å². The molecular formula is C32H64O2. The van der Waals surface area contributed by atoms with Crippen LogP contribution in [-0.4, -0.2) is 12.6 Å². The van der Waals surface area contributed by atoms with Crippen LogP contribution in [-0.2, 0) is 9.53 Å². The summed E-state index contributed by atoms with van der Waals surface area (Å²) < 4.78 is 21.5. The summed E-state index contributed by atoms with van der Waals surface area (Å²) in [7, 11) is 0. The standard InChI is InChI=1S/C32H64O2/c1-3-5-7-9-11-13-15-17-18-19-20-22-24-26-28-30-32(33)34-31-29-27-25-23-21-16-14-12-10-8-6-4-2/h3-31H2,1-2H3/i29D2. The maximum atomic E-state index is 12.0. The Morgan fingerprint density at radius 1 is 0.471 bits per heavy atom. The molecule has 0 aromatic heterocycles. The van der Waals surface area contributed by atoms with E-state index >= 15 is 0 Å². The molecule has 34 heavy (non-hydrogen) atoms. The van der Waals surface area contributed by atoms with E-state index in [1.165, 1.54) is 135 Å². The Kier molecular flexibility index (Phi) is 26.6. The number of esters is 1. The molecule has 0 atom stereocenters. The highest BCUT2D eigenvalue weighted by atomic mass is 16.5. The van der Waals surface area contributed by atoms with E-state index in [0.717, 1.165) is 25.7 Å². The van der Waals surface area contributed by atoms with Gasteiger partial charge in [0.25, 0.3) is 0 Å². The Morgan fingerprint density at radius 2 is 0.765 bits per heavy atom. The van der Waals surface area contributed by atoms with E-state index in [1.807, 2.05) is 0 Å². The molecule has 0 heterocycles. The molecule has 2 nitrogen and oxygen atoms in total. The Balaban J connectivity index is 3.40. The van der Waals surface area contributed by atoms with Crippen molar-refractivity contribution in [3.63, 3.8) is 0 Å². The minimum Gasteiger partial charge on any atom is -0.466 e. The minimum atomic E-state index is -1.38. The first-order valence-electron chi connectivity index (χ1n) is 16.7. The van der Waals surface area contributed by atoms with Crippen molar-refractivity contribution in [1.82, 2.24) is 0 Å². The topological polar surface area (TPSA) is 26.3 Å². The number of hydrogen-bond donors (Lipinski definition) is 0. The van der Waals surface area contributed by atoms with E-state index < -0.39 is 6.37 Å². The van der Waals surface area contributed by atoms with Gasteiger partial charge in [-0.1, -0.05) is 174 Å². The number of carbonyl (C=O) groups is 1. The Hall–Kier alpha value is -0.530. The van der Waals surface area contributed by atoms with Gasteiger partial charge in [0.2, 0.25) is 0 Å². The molecule has 0 aromatic rings. The fraction of sp³-hybridized carbons (Fsp3) is 0.969. The van der Waals surface area contributed by atoms with Crippen molar-refractivity contribution >= 4 is 5.97 Å². The molecule has 0 bridgehead atoms. The summed E-state index contributed by atoms with van der Waals surface area (Å²) in [4.78, 5) is 12.0. The van der Waals surface area contributed by atoms with Gasteiger partial charge in [-0.05, 0) is 12.8 Å². The molecule has 0 aromatic carbocycles.